The van der Waals surface area contributed by atoms with Gasteiger partial charge in [-0.3, -0.25) is 4.79 Å². The second-order valence-electron chi connectivity index (χ2n) is 4.43. The minimum Gasteiger partial charge on any atom is -0.449 e. The Morgan fingerprint density at radius 1 is 1.35 bits per heavy atom. The van der Waals surface area contributed by atoms with Crippen LogP contribution in [0.3, 0.4) is 0 Å². The third kappa shape index (κ3) is 2.32. The average molecular weight is 306 g/mol. The minimum atomic E-state index is -0.219. The van der Waals surface area contributed by atoms with Crippen molar-refractivity contribution in [3.63, 3.8) is 0 Å². The number of carbonyl (C=O) groups is 1. The predicted molar refractivity (Wildman–Crippen MR) is 81.5 cm³/mol. The van der Waals surface area contributed by atoms with Crippen molar-refractivity contribution >= 4 is 39.8 Å². The summed E-state index contributed by atoms with van der Waals surface area (Å²) in [5.41, 5.74) is 1.37. The van der Waals surface area contributed by atoms with E-state index in [1.165, 1.54) is 0 Å². The lowest BCUT2D eigenvalue weighted by molar-refractivity contribution is 0.0925. The zero-order valence-corrected chi connectivity index (χ0v) is 12.3. The molecule has 0 saturated carbocycles. The van der Waals surface area contributed by atoms with Crippen molar-refractivity contribution in [1.29, 1.82) is 0 Å². The Morgan fingerprint density at radius 3 is 2.90 bits per heavy atom. The Kier molecular flexibility index (Phi) is 3.51. The first-order chi connectivity index (χ1) is 9.66. The van der Waals surface area contributed by atoms with Gasteiger partial charge in [0.15, 0.2) is 11.3 Å². The highest BCUT2D eigenvalue weighted by Crippen LogP contribution is 2.30. The average Bonchev–Trinajstić information content (AvgIpc) is 3.06. The number of fused-ring (bicyclic) bond motifs is 1. The van der Waals surface area contributed by atoms with E-state index in [2.05, 4.69) is 5.32 Å². The summed E-state index contributed by atoms with van der Waals surface area (Å²) in [5, 5.41) is 6.23. The monoisotopic (exact) mass is 305 g/mol. The summed E-state index contributed by atoms with van der Waals surface area (Å²) < 4.78 is 5.62. The number of furan rings is 1. The highest BCUT2D eigenvalue weighted by Gasteiger charge is 2.18. The van der Waals surface area contributed by atoms with E-state index in [0.717, 1.165) is 15.8 Å². The standard InChI is InChI=1S/C15H12ClNO2S/c1-9-11-5-2-6-12(16)14(11)19-13(9)15(18)17-8-10-4-3-7-20-10/h2-7H,8H2,1H3,(H,17,18). The number of amides is 1. The molecule has 0 bridgehead atoms. The second-order valence-corrected chi connectivity index (χ2v) is 5.87. The Morgan fingerprint density at radius 2 is 2.20 bits per heavy atom. The van der Waals surface area contributed by atoms with E-state index in [4.69, 9.17) is 16.0 Å². The SMILES string of the molecule is Cc1c(C(=O)NCc2cccs2)oc2c(Cl)cccc12. The number of benzene rings is 1. The van der Waals surface area contributed by atoms with E-state index >= 15 is 0 Å². The van der Waals surface area contributed by atoms with Gasteiger partial charge in [0.2, 0.25) is 0 Å². The van der Waals surface area contributed by atoms with Crippen molar-refractivity contribution in [2.45, 2.75) is 13.5 Å². The topological polar surface area (TPSA) is 42.2 Å². The van der Waals surface area contributed by atoms with Gasteiger partial charge in [-0.15, -0.1) is 11.3 Å². The lowest BCUT2D eigenvalue weighted by Crippen LogP contribution is -2.22. The second kappa shape index (κ2) is 5.31. The molecule has 0 spiro atoms. The first-order valence-electron chi connectivity index (χ1n) is 6.15. The maximum absolute atomic E-state index is 12.2. The molecule has 1 aromatic carbocycles. The third-order valence-corrected chi connectivity index (χ3v) is 4.30. The van der Waals surface area contributed by atoms with Gasteiger partial charge >= 0.3 is 0 Å². The first kappa shape index (κ1) is 13.2. The molecule has 1 N–H and O–H groups in total. The molecule has 3 aromatic rings. The molecule has 0 aliphatic rings. The largest absolute Gasteiger partial charge is 0.449 e. The van der Waals surface area contributed by atoms with Crippen LogP contribution >= 0.6 is 22.9 Å². The highest BCUT2D eigenvalue weighted by molar-refractivity contribution is 7.09. The van der Waals surface area contributed by atoms with Gasteiger partial charge in [-0.2, -0.15) is 0 Å². The normalized spacial score (nSPS) is 10.9. The number of rotatable bonds is 3. The van der Waals surface area contributed by atoms with Crippen molar-refractivity contribution in [2.24, 2.45) is 0 Å². The Balaban J connectivity index is 1.88. The fourth-order valence-electron chi connectivity index (χ4n) is 2.09. The van der Waals surface area contributed by atoms with E-state index in [-0.39, 0.29) is 5.91 Å². The van der Waals surface area contributed by atoms with Gasteiger partial charge < -0.3 is 9.73 Å². The van der Waals surface area contributed by atoms with Crippen molar-refractivity contribution in [3.8, 4) is 0 Å². The fourth-order valence-corrected chi connectivity index (χ4v) is 2.94. The van der Waals surface area contributed by atoms with E-state index in [0.29, 0.717) is 22.9 Å². The molecule has 2 aromatic heterocycles. The van der Waals surface area contributed by atoms with Crippen LogP contribution in [0.1, 0.15) is 21.0 Å². The number of thiophene rings is 1. The van der Waals surface area contributed by atoms with Gasteiger partial charge in [-0.1, -0.05) is 29.8 Å². The van der Waals surface area contributed by atoms with E-state index in [1.54, 1.807) is 17.4 Å². The van der Waals surface area contributed by atoms with Gasteiger partial charge in [0.25, 0.3) is 5.91 Å². The highest BCUT2D eigenvalue weighted by atomic mass is 35.5. The zero-order chi connectivity index (χ0) is 14.1. The molecular weight excluding hydrogens is 294 g/mol. The van der Waals surface area contributed by atoms with Crippen LogP contribution in [0.4, 0.5) is 0 Å². The van der Waals surface area contributed by atoms with Crippen LogP contribution in [0.2, 0.25) is 5.02 Å². The maximum atomic E-state index is 12.2. The zero-order valence-electron chi connectivity index (χ0n) is 10.8. The van der Waals surface area contributed by atoms with Gasteiger partial charge in [-0.05, 0) is 24.4 Å². The Labute approximate surface area is 125 Å². The summed E-state index contributed by atoms with van der Waals surface area (Å²) in [7, 11) is 0. The number of aryl methyl sites for hydroxylation is 1. The molecular formula is C15H12ClNO2S. The molecule has 0 radical (unpaired) electrons. The first-order valence-corrected chi connectivity index (χ1v) is 7.41. The smallest absolute Gasteiger partial charge is 0.287 e. The summed E-state index contributed by atoms with van der Waals surface area (Å²) in [6, 6.07) is 9.43. The van der Waals surface area contributed by atoms with Crippen LogP contribution < -0.4 is 5.32 Å². The number of hydrogen-bond donors (Lipinski definition) is 1. The van der Waals surface area contributed by atoms with Gasteiger partial charge in [0, 0.05) is 15.8 Å². The van der Waals surface area contributed by atoms with Crippen LogP contribution in [-0.4, -0.2) is 5.91 Å². The lowest BCUT2D eigenvalue weighted by atomic mass is 10.1. The molecule has 20 heavy (non-hydrogen) atoms. The van der Waals surface area contributed by atoms with E-state index in [1.807, 2.05) is 36.6 Å². The number of nitrogens with one attached hydrogen (secondary N) is 1. The molecule has 0 aliphatic carbocycles. The molecule has 3 rings (SSSR count). The van der Waals surface area contributed by atoms with Crippen molar-refractivity contribution in [3.05, 3.63) is 56.9 Å². The minimum absolute atomic E-state index is 0.219. The summed E-state index contributed by atoms with van der Waals surface area (Å²) >= 11 is 7.69. The van der Waals surface area contributed by atoms with Crippen LogP contribution in [0, 0.1) is 6.92 Å². The summed E-state index contributed by atoms with van der Waals surface area (Å²) in [6.45, 7) is 2.36. The molecule has 0 atom stereocenters. The molecule has 3 nitrogen and oxygen atoms in total. The number of hydrogen-bond acceptors (Lipinski definition) is 3. The molecule has 1 amide bonds. The molecule has 0 aliphatic heterocycles. The molecule has 0 unspecified atom stereocenters. The van der Waals surface area contributed by atoms with Crippen LogP contribution in [0.5, 0.6) is 0 Å². The van der Waals surface area contributed by atoms with Crippen LogP contribution in [0.25, 0.3) is 11.0 Å². The summed E-state index contributed by atoms with van der Waals surface area (Å²) in [6.07, 6.45) is 0. The summed E-state index contributed by atoms with van der Waals surface area (Å²) in [5.74, 6) is 0.104. The van der Waals surface area contributed by atoms with E-state index < -0.39 is 0 Å². The quantitative estimate of drug-likeness (QED) is 0.780. The molecule has 5 heteroatoms. The Bertz CT molecular complexity index is 762. The molecule has 102 valence electrons. The van der Waals surface area contributed by atoms with Gasteiger partial charge in [-0.25, -0.2) is 0 Å². The Hall–Kier alpha value is -1.78. The van der Waals surface area contributed by atoms with Gasteiger partial charge in [0.1, 0.15) is 0 Å². The van der Waals surface area contributed by atoms with Gasteiger partial charge in [0.05, 0.1) is 11.6 Å². The lowest BCUT2D eigenvalue weighted by Gasteiger charge is -2.01. The molecule has 0 saturated heterocycles. The van der Waals surface area contributed by atoms with Crippen molar-refractivity contribution in [2.75, 3.05) is 0 Å². The summed E-state index contributed by atoms with van der Waals surface area (Å²) in [4.78, 5) is 13.3. The van der Waals surface area contributed by atoms with Crippen LogP contribution in [-0.2, 0) is 6.54 Å². The fraction of sp³-hybridized carbons (Fsp3) is 0.133. The third-order valence-electron chi connectivity index (χ3n) is 3.13. The van der Waals surface area contributed by atoms with E-state index in [9.17, 15) is 4.79 Å². The number of carbonyl (C=O) groups excluding carboxylic acids is 1. The van der Waals surface area contributed by atoms with Crippen molar-refractivity contribution < 1.29 is 9.21 Å². The van der Waals surface area contributed by atoms with Crippen LogP contribution in [0.15, 0.2) is 40.1 Å². The maximum Gasteiger partial charge on any atom is 0.287 e. The number of para-hydroxylation sites is 1. The number of halogens is 1. The molecule has 0 fully saturated rings. The van der Waals surface area contributed by atoms with Crippen molar-refractivity contribution in [1.82, 2.24) is 5.32 Å². The molecule has 2 heterocycles. The predicted octanol–water partition coefficient (Wildman–Crippen LogP) is 4.39.